The molecule has 0 fully saturated rings. The van der Waals surface area contributed by atoms with E-state index in [2.05, 4.69) is 4.74 Å². The zero-order chi connectivity index (χ0) is 9.78. The van der Waals surface area contributed by atoms with Gasteiger partial charge in [0, 0.05) is 6.26 Å². The third kappa shape index (κ3) is 8.91. The topological polar surface area (TPSA) is 80.7 Å². The summed E-state index contributed by atoms with van der Waals surface area (Å²) in [7, 11) is -3.50. The van der Waals surface area contributed by atoms with Crippen molar-refractivity contribution in [2.24, 2.45) is 0 Å². The molecule has 1 N–H and O–H groups in total. The number of rotatable bonds is 3. The maximum absolute atomic E-state index is 10.6. The van der Waals surface area contributed by atoms with E-state index in [-0.39, 0.29) is 58.0 Å². The Hall–Kier alpha value is 0.596. The monoisotopic (exact) mass is 234 g/mol. The standard InChI is InChI=1S/C6H10O5S.K.H/c1-3-11-6(8)5(7)4-12(2,9)10;;/h4,7H,3H2,1-2H3;;. The molecule has 0 aromatic rings. The Morgan fingerprint density at radius 1 is 1.54 bits per heavy atom. The number of carbonyl (C=O) groups is 1. The Kier molecular flexibility index (Phi) is 8.59. The normalized spacial score (nSPS) is 11.7. The Morgan fingerprint density at radius 2 is 2.00 bits per heavy atom. The zero-order valence-electron chi connectivity index (χ0n) is 6.77. The van der Waals surface area contributed by atoms with Crippen molar-refractivity contribution in [1.82, 2.24) is 0 Å². The molecule has 7 heteroatoms. The summed E-state index contributed by atoms with van der Waals surface area (Å²) in [6, 6.07) is 0. The molecule has 0 aliphatic carbocycles. The van der Waals surface area contributed by atoms with E-state index in [0.29, 0.717) is 5.41 Å². The maximum atomic E-state index is 10.6. The molecule has 0 aliphatic rings. The summed E-state index contributed by atoms with van der Waals surface area (Å²) < 4.78 is 25.3. The van der Waals surface area contributed by atoms with Crippen LogP contribution < -0.4 is 0 Å². The molecule has 0 aliphatic heterocycles. The van der Waals surface area contributed by atoms with Gasteiger partial charge in [0.2, 0.25) is 5.76 Å². The molecule has 0 atom stereocenters. The van der Waals surface area contributed by atoms with E-state index in [1.165, 1.54) is 0 Å². The van der Waals surface area contributed by atoms with Crippen molar-refractivity contribution in [2.45, 2.75) is 6.92 Å². The van der Waals surface area contributed by atoms with Crippen molar-refractivity contribution in [3.05, 3.63) is 11.2 Å². The predicted octanol–water partition coefficient (Wildman–Crippen LogP) is -0.655. The van der Waals surface area contributed by atoms with Crippen molar-refractivity contribution in [1.29, 1.82) is 0 Å². The van der Waals surface area contributed by atoms with E-state index in [4.69, 9.17) is 5.11 Å². The number of esters is 1. The molecule has 0 unspecified atom stereocenters. The molecule has 0 saturated carbocycles. The Labute approximate surface area is 119 Å². The molecule has 0 radical (unpaired) electrons. The molecule has 0 aromatic carbocycles. The Morgan fingerprint density at radius 3 is 2.31 bits per heavy atom. The van der Waals surface area contributed by atoms with Gasteiger partial charge in [-0.1, -0.05) is 0 Å². The van der Waals surface area contributed by atoms with Crippen LogP contribution in [0.15, 0.2) is 11.2 Å². The van der Waals surface area contributed by atoms with Crippen molar-refractivity contribution in [3.63, 3.8) is 0 Å². The number of sulfone groups is 1. The predicted molar refractivity (Wildman–Crippen MR) is 49.3 cm³/mol. The average Bonchev–Trinajstić information content (AvgIpc) is 1.84. The fourth-order valence-electron chi connectivity index (χ4n) is 0.456. The SMILES string of the molecule is CCOC(=O)C(O)=CS(C)(=O)=O.[KH]. The molecule has 0 heterocycles. The first-order valence-corrected chi connectivity index (χ1v) is 5.10. The van der Waals surface area contributed by atoms with Gasteiger partial charge in [-0.05, 0) is 6.92 Å². The summed E-state index contributed by atoms with van der Waals surface area (Å²) in [5.41, 5.74) is 0. The van der Waals surface area contributed by atoms with Gasteiger partial charge in [-0.25, -0.2) is 13.2 Å². The van der Waals surface area contributed by atoms with Crippen molar-refractivity contribution >= 4 is 67.2 Å². The Balaban J connectivity index is 0. The molecular formula is C6H11KO5S. The second-order valence-corrected chi connectivity index (χ2v) is 3.95. The number of hydrogen-bond donors (Lipinski definition) is 1. The molecule has 0 aromatic heterocycles. The van der Waals surface area contributed by atoms with Crippen LogP contribution in [0.2, 0.25) is 0 Å². The molecule has 5 nitrogen and oxygen atoms in total. The zero-order valence-corrected chi connectivity index (χ0v) is 7.59. The first-order valence-electron chi connectivity index (χ1n) is 3.14. The summed E-state index contributed by atoms with van der Waals surface area (Å²) in [4.78, 5) is 10.6. The van der Waals surface area contributed by atoms with Gasteiger partial charge in [-0.3, -0.25) is 0 Å². The third-order valence-electron chi connectivity index (χ3n) is 0.810. The molecule has 13 heavy (non-hydrogen) atoms. The summed E-state index contributed by atoms with van der Waals surface area (Å²) >= 11 is 0. The van der Waals surface area contributed by atoms with Gasteiger partial charge in [-0.15, -0.1) is 0 Å². The van der Waals surface area contributed by atoms with E-state index in [0.717, 1.165) is 6.26 Å². The van der Waals surface area contributed by atoms with Gasteiger partial charge in [0.25, 0.3) is 0 Å². The van der Waals surface area contributed by atoms with E-state index in [1.54, 1.807) is 6.92 Å². The van der Waals surface area contributed by atoms with Crippen LogP contribution in [-0.4, -0.2) is 83.7 Å². The van der Waals surface area contributed by atoms with Gasteiger partial charge in [-0.2, -0.15) is 0 Å². The van der Waals surface area contributed by atoms with E-state index < -0.39 is 21.6 Å². The van der Waals surface area contributed by atoms with E-state index in [1.807, 2.05) is 0 Å². The molecule has 0 amide bonds. The van der Waals surface area contributed by atoms with Crippen molar-refractivity contribution in [3.8, 4) is 0 Å². The van der Waals surface area contributed by atoms with E-state index in [9.17, 15) is 13.2 Å². The van der Waals surface area contributed by atoms with Gasteiger partial charge in [0.1, 0.15) is 0 Å². The fourth-order valence-corrected chi connectivity index (χ4v) is 0.958. The summed E-state index contributed by atoms with van der Waals surface area (Å²) in [6.07, 6.45) is 0.864. The summed E-state index contributed by atoms with van der Waals surface area (Å²) in [6.45, 7) is 1.63. The van der Waals surface area contributed by atoms with Crippen LogP contribution in [-0.2, 0) is 19.4 Å². The molecule has 0 bridgehead atoms. The number of aliphatic hydroxyl groups excluding tert-OH is 1. The fraction of sp³-hybridized carbons (Fsp3) is 0.500. The van der Waals surface area contributed by atoms with Gasteiger partial charge in [0.15, 0.2) is 9.84 Å². The van der Waals surface area contributed by atoms with Crippen molar-refractivity contribution < 1.29 is 23.1 Å². The molecule has 0 rings (SSSR count). The summed E-state index contributed by atoms with van der Waals surface area (Å²) in [5.74, 6) is -1.94. The van der Waals surface area contributed by atoms with Crippen LogP contribution in [0.25, 0.3) is 0 Å². The number of aliphatic hydroxyl groups is 1. The second kappa shape index (κ2) is 6.96. The first kappa shape index (κ1) is 16.0. The first-order chi connectivity index (χ1) is 5.37. The number of carbonyl (C=O) groups excluding carboxylic acids is 1. The summed E-state index contributed by atoms with van der Waals surface area (Å²) in [5, 5.41) is 9.24. The molecule has 0 saturated heterocycles. The van der Waals surface area contributed by atoms with Gasteiger partial charge >= 0.3 is 57.4 Å². The quantitative estimate of drug-likeness (QED) is 0.303. The van der Waals surface area contributed by atoms with Crippen molar-refractivity contribution in [2.75, 3.05) is 12.9 Å². The van der Waals surface area contributed by atoms with Crippen LogP contribution in [0.5, 0.6) is 0 Å². The average molecular weight is 234 g/mol. The van der Waals surface area contributed by atoms with Gasteiger partial charge in [0.05, 0.1) is 12.0 Å². The van der Waals surface area contributed by atoms with Crippen LogP contribution in [0.3, 0.4) is 0 Å². The minimum absolute atomic E-state index is 0. The van der Waals surface area contributed by atoms with Crippen LogP contribution in [0, 0.1) is 0 Å². The molecule has 0 spiro atoms. The minimum atomic E-state index is -3.50. The number of hydrogen-bond acceptors (Lipinski definition) is 5. The molecule has 72 valence electrons. The molecular weight excluding hydrogens is 223 g/mol. The number of ether oxygens (including phenoxy) is 1. The van der Waals surface area contributed by atoms with Gasteiger partial charge < -0.3 is 9.84 Å². The van der Waals surface area contributed by atoms with Crippen LogP contribution in [0.1, 0.15) is 6.92 Å². The van der Waals surface area contributed by atoms with Crippen LogP contribution in [0.4, 0.5) is 0 Å². The van der Waals surface area contributed by atoms with Crippen LogP contribution >= 0.6 is 0 Å². The second-order valence-electron chi connectivity index (χ2n) is 2.05. The van der Waals surface area contributed by atoms with E-state index >= 15 is 0 Å². The Bertz CT molecular complexity index is 292. The third-order valence-corrected chi connectivity index (χ3v) is 1.46.